The maximum Gasteiger partial charge on any atom is 0.407 e. The Hall–Kier alpha value is -4.71. The number of benzene rings is 4. The van der Waals surface area contributed by atoms with Crippen LogP contribution in [0.15, 0.2) is 114 Å². The first kappa shape index (κ1) is 44.8. The highest BCUT2D eigenvalue weighted by molar-refractivity contribution is 7.89. The van der Waals surface area contributed by atoms with Crippen molar-refractivity contribution in [3.8, 4) is 5.75 Å². The number of nitrogens with zero attached hydrogens (tertiary/aromatic N) is 2. The quantitative estimate of drug-likeness (QED) is 0.0512. The van der Waals surface area contributed by atoms with Gasteiger partial charge in [-0.25, -0.2) is 13.2 Å². The summed E-state index contributed by atoms with van der Waals surface area (Å²) in [5, 5.41) is 26.0. The van der Waals surface area contributed by atoms with Gasteiger partial charge in [0.2, 0.25) is 10.0 Å². The first-order chi connectivity index (χ1) is 28.8. The summed E-state index contributed by atoms with van der Waals surface area (Å²) in [7, 11) is -8.13. The minimum atomic E-state index is -4.34. The molecular weight excluding hydrogens is 818 g/mol. The first-order valence-electron chi connectivity index (χ1n) is 19.6. The molecule has 2 aliphatic heterocycles. The second kappa shape index (κ2) is 20.7. The monoisotopic (exact) mass is 867 g/mol. The maximum absolute atomic E-state index is 13.9. The molecule has 0 bridgehead atoms. The Morgan fingerprint density at radius 3 is 2.18 bits per heavy atom. The smallest absolute Gasteiger partial charge is 0.407 e. The summed E-state index contributed by atoms with van der Waals surface area (Å²) in [5.74, 6) is 0.00756. The van der Waals surface area contributed by atoms with Crippen molar-refractivity contribution in [2.24, 2.45) is 11.8 Å². The van der Waals surface area contributed by atoms with Gasteiger partial charge in [-0.3, -0.25) is 14.7 Å². The molecule has 5 atom stereocenters. The number of fused-ring (bicyclic) bond motifs is 1. The Labute approximate surface area is 349 Å². The molecule has 1 amide bonds. The molecule has 18 heteroatoms. The van der Waals surface area contributed by atoms with Gasteiger partial charge in [-0.1, -0.05) is 92.7 Å². The average molecular weight is 868 g/mol. The summed E-state index contributed by atoms with van der Waals surface area (Å²) in [4.78, 5) is 23.9. The van der Waals surface area contributed by atoms with E-state index in [-0.39, 0.29) is 55.9 Å². The summed E-state index contributed by atoms with van der Waals surface area (Å²) in [6.45, 7) is 3.81. The van der Waals surface area contributed by atoms with Crippen LogP contribution in [0, 0.1) is 22.0 Å². The summed E-state index contributed by atoms with van der Waals surface area (Å²) in [6.07, 6.45) is -3.06. The van der Waals surface area contributed by atoms with Crippen molar-refractivity contribution in [2.75, 3.05) is 32.7 Å². The molecule has 6 rings (SSSR count). The van der Waals surface area contributed by atoms with Crippen LogP contribution in [-0.2, 0) is 57.5 Å². The van der Waals surface area contributed by atoms with Crippen molar-refractivity contribution in [2.45, 2.75) is 69.3 Å². The Bertz CT molecular complexity index is 2130. The van der Waals surface area contributed by atoms with Crippen molar-refractivity contribution < 1.29 is 55.8 Å². The SMILES string of the molecule is CC(C)CN(C[C@@H](O)[C@H](Cc1ccc(OCP(=O)(OCc2ccccc2)OCc2ccccc2)cc1)NC(=O)OC1CO[C@H]2OCC[C@@H]12)S(=O)(=O)c1cccc([N+](=O)[O-])c1. The number of aliphatic hydroxyl groups is 1. The molecule has 2 fully saturated rings. The normalized spacial score (nSPS) is 18.9. The van der Waals surface area contributed by atoms with Gasteiger partial charge in [-0.05, 0) is 53.6 Å². The molecule has 0 aromatic heterocycles. The number of nitro groups is 1. The third-order valence-electron chi connectivity index (χ3n) is 9.95. The molecule has 322 valence electrons. The Kier molecular flexibility index (Phi) is 15.5. The summed E-state index contributed by atoms with van der Waals surface area (Å²) in [6, 6.07) is 28.8. The fraction of sp³-hybridized carbons (Fsp3) is 0.405. The van der Waals surface area contributed by atoms with Gasteiger partial charge in [-0.15, -0.1) is 0 Å². The van der Waals surface area contributed by atoms with Gasteiger partial charge in [0.1, 0.15) is 11.9 Å². The molecule has 0 saturated carbocycles. The number of nitro benzene ring substituents is 1. The molecule has 0 spiro atoms. The maximum atomic E-state index is 13.9. The van der Waals surface area contributed by atoms with Crippen LogP contribution < -0.4 is 10.1 Å². The lowest BCUT2D eigenvalue weighted by Crippen LogP contribution is -2.51. The highest BCUT2D eigenvalue weighted by Gasteiger charge is 2.44. The highest BCUT2D eigenvalue weighted by Crippen LogP contribution is 2.50. The van der Waals surface area contributed by atoms with Crippen LogP contribution in [0.3, 0.4) is 0 Å². The van der Waals surface area contributed by atoms with Crippen molar-refractivity contribution in [1.29, 1.82) is 0 Å². The molecule has 0 radical (unpaired) electrons. The van der Waals surface area contributed by atoms with Gasteiger partial charge in [0, 0.05) is 25.2 Å². The van der Waals surface area contributed by atoms with Gasteiger partial charge in [0.15, 0.2) is 12.6 Å². The zero-order chi connectivity index (χ0) is 42.7. The van der Waals surface area contributed by atoms with Crippen molar-refractivity contribution in [3.05, 3.63) is 136 Å². The molecular formula is C42H50N3O13PS. The number of carbonyl (C=O) groups excluding carboxylic acids is 1. The Balaban J connectivity index is 1.17. The number of non-ortho nitro benzene ring substituents is 1. The Morgan fingerprint density at radius 2 is 1.57 bits per heavy atom. The van der Waals surface area contributed by atoms with Crippen LogP contribution in [0.2, 0.25) is 0 Å². The topological polar surface area (TPSA) is 202 Å². The van der Waals surface area contributed by atoms with Gasteiger partial charge < -0.3 is 38.4 Å². The van der Waals surface area contributed by atoms with E-state index < -0.39 is 65.4 Å². The van der Waals surface area contributed by atoms with Crippen LogP contribution in [0.25, 0.3) is 0 Å². The molecule has 16 nitrogen and oxygen atoms in total. The first-order valence-corrected chi connectivity index (χ1v) is 22.8. The molecule has 0 aliphatic carbocycles. The predicted octanol–water partition coefficient (Wildman–Crippen LogP) is 6.66. The van der Waals surface area contributed by atoms with E-state index in [9.17, 15) is 33.0 Å². The average Bonchev–Trinajstić information content (AvgIpc) is 3.87. The van der Waals surface area contributed by atoms with Gasteiger partial charge >= 0.3 is 13.7 Å². The number of hydrogen-bond acceptors (Lipinski definition) is 13. The minimum absolute atomic E-state index is 0.0259. The van der Waals surface area contributed by atoms with E-state index in [1.54, 1.807) is 38.1 Å². The van der Waals surface area contributed by atoms with Crippen molar-refractivity contribution in [1.82, 2.24) is 9.62 Å². The molecule has 4 aromatic rings. The third kappa shape index (κ3) is 12.4. The number of aliphatic hydroxyl groups excluding tert-OH is 1. The summed E-state index contributed by atoms with van der Waals surface area (Å²) < 4.78 is 77.3. The number of hydrogen-bond donors (Lipinski definition) is 2. The van der Waals surface area contributed by atoms with Crippen LogP contribution in [0.5, 0.6) is 5.75 Å². The lowest BCUT2D eigenvalue weighted by molar-refractivity contribution is -0.385. The largest absolute Gasteiger partial charge is 0.481 e. The van der Waals surface area contributed by atoms with Crippen LogP contribution in [0.1, 0.15) is 37.0 Å². The Morgan fingerprint density at radius 1 is 0.917 bits per heavy atom. The molecule has 2 aliphatic rings. The standard InChI is InChI=1S/C42H50N3O13PS/c1-30(2)24-44(60(51,52)36-15-9-14-34(23-36)45(48)49)25-39(46)38(43-42(47)58-40-28-54-41-37(40)20-21-53-41)22-31-16-18-35(19-17-31)55-29-59(50,56-26-32-10-5-3-6-11-32)57-27-33-12-7-4-8-13-33/h3-19,23,30,37-41,46H,20-22,24-29H2,1-2H3,(H,43,47)/t37-,38-,39+,40?,41+/m0/s1. The lowest BCUT2D eigenvalue weighted by Gasteiger charge is -2.31. The predicted molar refractivity (Wildman–Crippen MR) is 219 cm³/mol. The van der Waals surface area contributed by atoms with E-state index in [0.717, 1.165) is 21.5 Å². The molecule has 2 heterocycles. The fourth-order valence-corrected chi connectivity index (χ4v) is 9.69. The molecule has 60 heavy (non-hydrogen) atoms. The molecule has 4 aromatic carbocycles. The van der Waals surface area contributed by atoms with Crippen LogP contribution in [-0.4, -0.2) is 86.0 Å². The minimum Gasteiger partial charge on any atom is -0.481 e. The lowest BCUT2D eigenvalue weighted by atomic mass is 10.0. The van der Waals surface area contributed by atoms with E-state index in [1.807, 2.05) is 60.7 Å². The third-order valence-corrected chi connectivity index (χ3v) is 13.3. The zero-order valence-electron chi connectivity index (χ0n) is 33.3. The summed E-state index contributed by atoms with van der Waals surface area (Å²) >= 11 is 0. The van der Waals surface area contributed by atoms with Gasteiger partial charge in [0.05, 0.1) is 54.3 Å². The molecule has 1 unspecified atom stereocenters. The molecule has 2 N–H and O–H groups in total. The number of amides is 1. The van der Waals surface area contributed by atoms with Crippen LogP contribution in [0.4, 0.5) is 10.5 Å². The van der Waals surface area contributed by atoms with E-state index in [1.165, 1.54) is 18.2 Å². The van der Waals surface area contributed by atoms with E-state index in [4.69, 9.17) is 28.0 Å². The van der Waals surface area contributed by atoms with Crippen molar-refractivity contribution >= 4 is 29.4 Å². The fourth-order valence-electron chi connectivity index (χ4n) is 6.81. The molecule has 2 saturated heterocycles. The number of rotatable bonds is 21. The highest BCUT2D eigenvalue weighted by atomic mass is 32.2. The van der Waals surface area contributed by atoms with Crippen LogP contribution >= 0.6 is 7.60 Å². The van der Waals surface area contributed by atoms with E-state index >= 15 is 0 Å². The van der Waals surface area contributed by atoms with E-state index in [2.05, 4.69) is 5.32 Å². The number of ether oxygens (including phenoxy) is 4. The van der Waals surface area contributed by atoms with Gasteiger partial charge in [-0.2, -0.15) is 4.31 Å². The number of sulfonamides is 1. The second-order valence-corrected chi connectivity index (χ2v) is 18.9. The number of nitrogens with one attached hydrogen (secondary N) is 1. The van der Waals surface area contributed by atoms with E-state index in [0.29, 0.717) is 24.3 Å². The zero-order valence-corrected chi connectivity index (χ0v) is 35.0. The van der Waals surface area contributed by atoms with Gasteiger partial charge in [0.25, 0.3) is 5.69 Å². The van der Waals surface area contributed by atoms with Crippen molar-refractivity contribution in [3.63, 3.8) is 0 Å². The number of carbonyl (C=O) groups is 1. The second-order valence-electron chi connectivity index (χ2n) is 15.0. The summed E-state index contributed by atoms with van der Waals surface area (Å²) in [5.41, 5.74) is 1.84. The number of alkyl carbamates (subject to hydrolysis) is 1.